The number of likely N-dealkylation sites (tertiary alicyclic amines) is 1. The number of unbranched alkanes of at least 4 members (excludes halogenated alkanes) is 5. The molecule has 8 nitrogen and oxygen atoms in total. The highest BCUT2D eigenvalue weighted by Gasteiger charge is 2.53. The quantitative estimate of drug-likeness (QED) is 0.316. The molecule has 0 bridgehead atoms. The summed E-state index contributed by atoms with van der Waals surface area (Å²) in [5.74, 6) is -3.90. The molecule has 0 radical (unpaired) electrons. The Labute approximate surface area is 204 Å². The van der Waals surface area contributed by atoms with Crippen molar-refractivity contribution in [3.05, 3.63) is 29.8 Å². The van der Waals surface area contributed by atoms with Crippen LogP contribution in [0.15, 0.2) is 24.3 Å². The summed E-state index contributed by atoms with van der Waals surface area (Å²) in [6, 6.07) is 7.59. The highest BCUT2D eigenvalue weighted by molar-refractivity contribution is 5.90. The number of amides is 2. The summed E-state index contributed by atoms with van der Waals surface area (Å²) in [6.45, 7) is 3.46. The first kappa shape index (κ1) is 30.2. The molecule has 1 saturated heterocycles. The van der Waals surface area contributed by atoms with Crippen LogP contribution in [-0.4, -0.2) is 66.5 Å². The van der Waals surface area contributed by atoms with Crippen molar-refractivity contribution in [2.24, 2.45) is 0 Å². The number of halogens is 3. The highest BCUT2D eigenvalue weighted by Crippen LogP contribution is 2.29. The van der Waals surface area contributed by atoms with Gasteiger partial charge in [-0.05, 0) is 30.5 Å². The second-order valence-electron chi connectivity index (χ2n) is 9.68. The lowest BCUT2D eigenvalue weighted by atomic mass is 9.84. The van der Waals surface area contributed by atoms with Crippen LogP contribution in [-0.2, 0) is 16.0 Å². The van der Waals surface area contributed by atoms with Gasteiger partial charge in [-0.15, -0.1) is 0 Å². The van der Waals surface area contributed by atoms with Crippen LogP contribution in [0.1, 0.15) is 57.4 Å². The average Bonchev–Trinajstić information content (AvgIpc) is 2.69. The topological polar surface area (TPSA) is 119 Å². The predicted octanol–water partition coefficient (Wildman–Crippen LogP) is 3.31. The lowest BCUT2D eigenvalue weighted by Crippen LogP contribution is -2.77. The number of carboxylic acids is 2. The maximum Gasteiger partial charge on any atom is 0.430 e. The number of alkyl halides is 3. The Bertz CT molecular complexity index is 834. The van der Waals surface area contributed by atoms with Crippen LogP contribution >= 0.6 is 0 Å². The van der Waals surface area contributed by atoms with Gasteiger partial charge < -0.3 is 30.1 Å². The largest absolute Gasteiger partial charge is 0.542 e. The van der Waals surface area contributed by atoms with Crippen molar-refractivity contribution >= 4 is 23.7 Å². The van der Waals surface area contributed by atoms with E-state index in [9.17, 15) is 22.8 Å². The molecule has 0 spiro atoms. The molecule has 1 aromatic carbocycles. The third kappa shape index (κ3) is 11.9. The number of urea groups is 1. The summed E-state index contributed by atoms with van der Waals surface area (Å²) >= 11 is 0. The molecule has 198 valence electrons. The van der Waals surface area contributed by atoms with Crippen LogP contribution in [0.25, 0.3) is 0 Å². The van der Waals surface area contributed by atoms with Crippen molar-refractivity contribution in [2.75, 3.05) is 32.5 Å². The second-order valence-corrected chi connectivity index (χ2v) is 9.68. The van der Waals surface area contributed by atoms with Crippen LogP contribution in [0.2, 0.25) is 0 Å². The van der Waals surface area contributed by atoms with Gasteiger partial charge in [0, 0.05) is 5.69 Å². The molecule has 3 N–H and O–H groups in total. The standard InChI is InChI=1S/C22H35N3O3.C2HF3O2/c1-4-5-6-7-8-9-10-18-11-13-19(14-12-18)23-21(28)24-22(15-20(26)27)16-25(2,3)17-22;3-2(4,5)1(6)7/h11-14H,4-10,15-17H2,1-3H3,(H2-,23,24,26,27,28);(H,6,7). The number of nitrogens with one attached hydrogen (secondary N) is 2. The fraction of sp³-hybridized carbons (Fsp3) is 0.625. The third-order valence-electron chi connectivity index (χ3n) is 5.59. The van der Waals surface area contributed by atoms with E-state index in [2.05, 4.69) is 29.7 Å². The minimum Gasteiger partial charge on any atom is -0.542 e. The van der Waals surface area contributed by atoms with E-state index >= 15 is 0 Å². The van der Waals surface area contributed by atoms with E-state index in [-0.39, 0.29) is 12.5 Å². The average molecular weight is 504 g/mol. The Balaban J connectivity index is 0.000000762. The Morgan fingerprint density at radius 2 is 1.54 bits per heavy atom. The first-order chi connectivity index (χ1) is 16.2. The Morgan fingerprint density at radius 1 is 1.03 bits per heavy atom. The third-order valence-corrected chi connectivity index (χ3v) is 5.59. The molecule has 0 atom stereocenters. The number of carboxylic acid groups (broad SMARTS) is 2. The van der Waals surface area contributed by atoms with Crippen molar-refractivity contribution in [2.45, 2.75) is 70.0 Å². The van der Waals surface area contributed by atoms with E-state index in [1.165, 1.54) is 44.1 Å². The van der Waals surface area contributed by atoms with Crippen molar-refractivity contribution in [3.8, 4) is 0 Å². The number of anilines is 1. The van der Waals surface area contributed by atoms with Gasteiger partial charge in [0.15, 0.2) is 0 Å². The maximum atomic E-state index is 12.4. The Morgan fingerprint density at radius 3 is 2.00 bits per heavy atom. The summed E-state index contributed by atoms with van der Waals surface area (Å²) in [5.41, 5.74) is 1.33. The second kappa shape index (κ2) is 13.3. The molecular weight excluding hydrogens is 467 g/mol. The molecule has 2 rings (SSSR count). The smallest absolute Gasteiger partial charge is 0.430 e. The van der Waals surface area contributed by atoms with Gasteiger partial charge in [-0.25, -0.2) is 4.79 Å². The molecule has 1 aliphatic rings. The summed E-state index contributed by atoms with van der Waals surface area (Å²) in [5, 5.41) is 23.7. The van der Waals surface area contributed by atoms with Gasteiger partial charge in [0.25, 0.3) is 0 Å². The molecular formula is C24H36F3N3O5. The first-order valence-electron chi connectivity index (χ1n) is 11.7. The lowest BCUT2D eigenvalue weighted by molar-refractivity contribution is -0.940. The van der Waals surface area contributed by atoms with Crippen LogP contribution in [0.5, 0.6) is 0 Å². The van der Waals surface area contributed by atoms with E-state index in [0.29, 0.717) is 17.6 Å². The molecule has 11 heteroatoms. The van der Waals surface area contributed by atoms with E-state index in [4.69, 9.17) is 15.0 Å². The monoisotopic (exact) mass is 503 g/mol. The molecule has 0 saturated carbocycles. The Hall–Kier alpha value is -2.82. The molecule has 0 aliphatic carbocycles. The molecule has 1 aliphatic heterocycles. The minimum atomic E-state index is -5.19. The van der Waals surface area contributed by atoms with Gasteiger partial charge in [-0.1, -0.05) is 51.2 Å². The van der Waals surface area contributed by atoms with E-state index in [1.807, 2.05) is 26.2 Å². The zero-order valence-electron chi connectivity index (χ0n) is 20.5. The number of aryl methyl sites for hydroxylation is 1. The van der Waals surface area contributed by atoms with Gasteiger partial charge in [-0.3, -0.25) is 4.79 Å². The number of nitrogens with zero attached hydrogens (tertiary/aromatic N) is 1. The number of carbonyl (C=O) groups is 3. The SMILES string of the molecule is CCCCCCCCc1ccc(NC(=O)NC2(CC(=O)O)C[N+](C)(C)C2)cc1.O=C([O-])C(F)(F)F. The van der Waals surface area contributed by atoms with Gasteiger partial charge in [0.05, 0.1) is 20.5 Å². The van der Waals surface area contributed by atoms with E-state index < -0.39 is 23.7 Å². The van der Waals surface area contributed by atoms with Crippen LogP contribution in [0.3, 0.4) is 0 Å². The lowest BCUT2D eigenvalue weighted by Gasteiger charge is -2.52. The number of carbonyl (C=O) groups excluding carboxylic acids is 2. The number of hydrogen-bond acceptors (Lipinski definition) is 4. The summed E-state index contributed by atoms with van der Waals surface area (Å²) in [7, 11) is 4.06. The van der Waals surface area contributed by atoms with Crippen LogP contribution in [0.4, 0.5) is 23.7 Å². The van der Waals surface area contributed by atoms with Crippen molar-refractivity contribution in [1.82, 2.24) is 5.32 Å². The van der Waals surface area contributed by atoms with Crippen molar-refractivity contribution in [3.63, 3.8) is 0 Å². The van der Waals surface area contributed by atoms with Crippen molar-refractivity contribution < 1.29 is 42.3 Å². The number of hydrogen-bond donors (Lipinski definition) is 3. The van der Waals surface area contributed by atoms with Gasteiger partial charge >= 0.3 is 18.2 Å². The van der Waals surface area contributed by atoms with Gasteiger partial charge in [0.2, 0.25) is 0 Å². The highest BCUT2D eigenvalue weighted by atomic mass is 19.4. The number of quaternary nitrogens is 1. The fourth-order valence-corrected chi connectivity index (χ4v) is 4.38. The number of benzene rings is 1. The fourth-order valence-electron chi connectivity index (χ4n) is 4.38. The van der Waals surface area contributed by atoms with Gasteiger partial charge in [0.1, 0.15) is 24.6 Å². The molecule has 2 amide bonds. The summed E-state index contributed by atoms with van der Waals surface area (Å²) in [4.78, 5) is 32.3. The molecule has 0 unspecified atom stereocenters. The molecule has 1 aromatic rings. The zero-order valence-corrected chi connectivity index (χ0v) is 20.5. The molecule has 1 heterocycles. The Kier molecular flexibility index (Phi) is 11.5. The number of likely N-dealkylation sites (N-methyl/N-ethyl adjacent to an activating group) is 1. The van der Waals surface area contributed by atoms with Gasteiger partial charge in [-0.2, -0.15) is 13.2 Å². The van der Waals surface area contributed by atoms with Crippen LogP contribution in [0, 0.1) is 0 Å². The van der Waals surface area contributed by atoms with E-state index in [0.717, 1.165) is 12.1 Å². The first-order valence-corrected chi connectivity index (χ1v) is 11.7. The number of rotatable bonds is 11. The predicted molar refractivity (Wildman–Crippen MR) is 124 cm³/mol. The van der Waals surface area contributed by atoms with Crippen molar-refractivity contribution in [1.29, 1.82) is 0 Å². The minimum absolute atomic E-state index is 0.0563. The molecule has 35 heavy (non-hydrogen) atoms. The van der Waals surface area contributed by atoms with E-state index in [1.54, 1.807) is 0 Å². The summed E-state index contributed by atoms with van der Waals surface area (Å²) < 4.78 is 32.3. The zero-order chi connectivity index (χ0) is 26.7. The van der Waals surface area contributed by atoms with Crippen LogP contribution < -0.4 is 15.7 Å². The normalized spacial score (nSPS) is 15.7. The maximum absolute atomic E-state index is 12.4. The number of aliphatic carboxylic acids is 2. The molecule has 0 aromatic heterocycles. The summed E-state index contributed by atoms with van der Waals surface area (Å²) in [6.07, 6.45) is 3.51. The molecule has 1 fully saturated rings.